The van der Waals surface area contributed by atoms with Crippen LogP contribution in [0.5, 0.6) is 0 Å². The van der Waals surface area contributed by atoms with Crippen LogP contribution < -0.4 is 4.90 Å². The van der Waals surface area contributed by atoms with Crippen molar-refractivity contribution in [1.82, 2.24) is 14.9 Å². The predicted octanol–water partition coefficient (Wildman–Crippen LogP) is 1.39. The fraction of sp³-hybridized carbons (Fsp3) is 0.444. The molecule has 5 nitrogen and oxygen atoms in total. The molecular formula is C18H22N4O. The van der Waals surface area contributed by atoms with Crippen LogP contribution in [0.3, 0.4) is 0 Å². The van der Waals surface area contributed by atoms with Crippen LogP contribution in [0.1, 0.15) is 16.7 Å². The van der Waals surface area contributed by atoms with Crippen LogP contribution in [-0.4, -0.2) is 51.8 Å². The van der Waals surface area contributed by atoms with Gasteiger partial charge >= 0.3 is 0 Å². The van der Waals surface area contributed by atoms with Crippen molar-refractivity contribution in [1.29, 1.82) is 0 Å². The number of rotatable bonds is 2. The highest BCUT2D eigenvalue weighted by atomic mass is 16.3. The van der Waals surface area contributed by atoms with E-state index in [1.807, 2.05) is 19.3 Å². The molecule has 5 heteroatoms. The van der Waals surface area contributed by atoms with Gasteiger partial charge in [0.15, 0.2) is 0 Å². The Hall–Kier alpha value is -1.98. The van der Waals surface area contributed by atoms with Gasteiger partial charge in [0.25, 0.3) is 0 Å². The lowest BCUT2D eigenvalue weighted by atomic mass is 9.98. The Bertz CT molecular complexity index is 688. The van der Waals surface area contributed by atoms with Crippen molar-refractivity contribution in [2.75, 3.05) is 24.5 Å². The van der Waals surface area contributed by atoms with Gasteiger partial charge in [-0.3, -0.25) is 4.90 Å². The van der Waals surface area contributed by atoms with Crippen molar-refractivity contribution in [3.8, 4) is 0 Å². The zero-order chi connectivity index (χ0) is 15.8. The van der Waals surface area contributed by atoms with Crippen LogP contribution in [-0.2, 0) is 13.0 Å². The van der Waals surface area contributed by atoms with E-state index in [4.69, 9.17) is 0 Å². The van der Waals surface area contributed by atoms with Gasteiger partial charge in [0.1, 0.15) is 0 Å². The number of hydrogen-bond acceptors (Lipinski definition) is 5. The molecule has 0 amide bonds. The van der Waals surface area contributed by atoms with E-state index >= 15 is 0 Å². The molecule has 1 fully saturated rings. The quantitative estimate of drug-likeness (QED) is 0.908. The number of anilines is 1. The lowest BCUT2D eigenvalue weighted by Crippen LogP contribution is -2.45. The van der Waals surface area contributed by atoms with E-state index in [1.165, 1.54) is 11.1 Å². The third-order valence-corrected chi connectivity index (χ3v) is 4.94. The first-order chi connectivity index (χ1) is 11.2. The van der Waals surface area contributed by atoms with Crippen molar-refractivity contribution in [2.45, 2.75) is 32.0 Å². The van der Waals surface area contributed by atoms with Crippen LogP contribution in [0.2, 0.25) is 0 Å². The Kier molecular flexibility index (Phi) is 3.75. The topological polar surface area (TPSA) is 52.5 Å². The van der Waals surface area contributed by atoms with Crippen LogP contribution in [0, 0.1) is 6.92 Å². The molecule has 1 N–H and O–H groups in total. The molecule has 0 spiro atoms. The van der Waals surface area contributed by atoms with E-state index in [-0.39, 0.29) is 12.1 Å². The molecule has 0 aliphatic carbocycles. The number of hydrogen-bond donors (Lipinski definition) is 1. The normalized spacial score (nSPS) is 24.7. The maximum absolute atomic E-state index is 10.5. The molecule has 3 heterocycles. The average molecular weight is 310 g/mol. The molecule has 2 atom stereocenters. The van der Waals surface area contributed by atoms with Gasteiger partial charge in [-0.15, -0.1) is 0 Å². The molecule has 23 heavy (non-hydrogen) atoms. The second kappa shape index (κ2) is 5.91. The van der Waals surface area contributed by atoms with Crippen molar-refractivity contribution >= 4 is 5.95 Å². The third-order valence-electron chi connectivity index (χ3n) is 4.94. The van der Waals surface area contributed by atoms with Gasteiger partial charge in [-0.25, -0.2) is 9.97 Å². The summed E-state index contributed by atoms with van der Waals surface area (Å²) in [4.78, 5) is 13.3. The molecule has 0 bridgehead atoms. The average Bonchev–Trinajstić information content (AvgIpc) is 2.97. The zero-order valence-corrected chi connectivity index (χ0v) is 13.4. The summed E-state index contributed by atoms with van der Waals surface area (Å²) in [6, 6.07) is 8.76. The molecule has 0 radical (unpaired) electrons. The summed E-state index contributed by atoms with van der Waals surface area (Å²) in [5, 5.41) is 10.5. The standard InChI is InChI=1S/C18H22N4O/c1-13-8-19-18(20-9-13)22-11-16(17(23)12-22)21-7-6-14-4-2-3-5-15(14)10-21/h2-5,8-9,16-17,23H,6-7,10-12H2,1H3/t16-,17-/m1/s1. The van der Waals surface area contributed by atoms with E-state index in [9.17, 15) is 5.11 Å². The minimum Gasteiger partial charge on any atom is -0.390 e. The second-order valence-electron chi connectivity index (χ2n) is 6.59. The SMILES string of the molecule is Cc1cnc(N2C[C@@H](O)[C@H](N3CCc4ccccc4C3)C2)nc1. The first kappa shape index (κ1) is 14.6. The minimum absolute atomic E-state index is 0.147. The van der Waals surface area contributed by atoms with Crippen molar-refractivity contribution in [2.24, 2.45) is 0 Å². The van der Waals surface area contributed by atoms with Crippen LogP contribution >= 0.6 is 0 Å². The summed E-state index contributed by atoms with van der Waals surface area (Å²) in [5.74, 6) is 0.717. The largest absolute Gasteiger partial charge is 0.390 e. The number of fused-ring (bicyclic) bond motifs is 1. The van der Waals surface area contributed by atoms with Gasteiger partial charge in [0.2, 0.25) is 5.95 Å². The van der Waals surface area contributed by atoms with Gasteiger partial charge in [-0.1, -0.05) is 24.3 Å². The summed E-state index contributed by atoms with van der Waals surface area (Å²) in [6.07, 6.45) is 4.36. The number of nitrogens with zero attached hydrogens (tertiary/aromatic N) is 4. The maximum Gasteiger partial charge on any atom is 0.225 e. The molecule has 2 aliphatic rings. The van der Waals surface area contributed by atoms with E-state index in [2.05, 4.69) is 44.0 Å². The predicted molar refractivity (Wildman–Crippen MR) is 89.3 cm³/mol. The summed E-state index contributed by atoms with van der Waals surface area (Å²) in [6.45, 7) is 5.29. The Morgan fingerprint density at radius 3 is 2.61 bits per heavy atom. The summed E-state index contributed by atoms with van der Waals surface area (Å²) >= 11 is 0. The first-order valence-corrected chi connectivity index (χ1v) is 8.23. The van der Waals surface area contributed by atoms with Gasteiger partial charge in [-0.05, 0) is 30.0 Å². The number of aryl methyl sites for hydroxylation is 1. The van der Waals surface area contributed by atoms with Crippen LogP contribution in [0.25, 0.3) is 0 Å². The molecule has 4 rings (SSSR count). The van der Waals surface area contributed by atoms with E-state index in [1.54, 1.807) is 0 Å². The molecule has 1 saturated heterocycles. The molecule has 2 aromatic rings. The summed E-state index contributed by atoms with van der Waals surface area (Å²) in [7, 11) is 0. The van der Waals surface area contributed by atoms with Crippen molar-refractivity contribution in [3.63, 3.8) is 0 Å². The van der Waals surface area contributed by atoms with Crippen LogP contribution in [0.4, 0.5) is 5.95 Å². The highest BCUT2D eigenvalue weighted by molar-refractivity contribution is 5.34. The number of β-amino-alcohol motifs (C(OH)–C–C–N with tert-alkyl or cyclic N) is 1. The molecule has 0 unspecified atom stereocenters. The monoisotopic (exact) mass is 310 g/mol. The molecule has 1 aromatic heterocycles. The molecular weight excluding hydrogens is 288 g/mol. The fourth-order valence-corrected chi connectivity index (χ4v) is 3.64. The summed E-state index contributed by atoms with van der Waals surface area (Å²) < 4.78 is 0. The second-order valence-corrected chi connectivity index (χ2v) is 6.59. The molecule has 2 aliphatic heterocycles. The van der Waals surface area contributed by atoms with E-state index < -0.39 is 0 Å². The van der Waals surface area contributed by atoms with Crippen molar-refractivity contribution in [3.05, 3.63) is 53.3 Å². The lowest BCUT2D eigenvalue weighted by molar-refractivity contribution is 0.0747. The third kappa shape index (κ3) is 2.82. The Balaban J connectivity index is 1.49. The van der Waals surface area contributed by atoms with E-state index in [0.717, 1.165) is 37.6 Å². The van der Waals surface area contributed by atoms with E-state index in [0.29, 0.717) is 6.54 Å². The molecule has 120 valence electrons. The highest BCUT2D eigenvalue weighted by Crippen LogP contribution is 2.26. The van der Waals surface area contributed by atoms with Gasteiger partial charge in [0, 0.05) is 38.6 Å². The smallest absolute Gasteiger partial charge is 0.225 e. The summed E-state index contributed by atoms with van der Waals surface area (Å²) in [5.41, 5.74) is 3.88. The Morgan fingerprint density at radius 1 is 1.09 bits per heavy atom. The number of aliphatic hydroxyl groups is 1. The maximum atomic E-state index is 10.5. The molecule has 1 aromatic carbocycles. The van der Waals surface area contributed by atoms with Crippen LogP contribution in [0.15, 0.2) is 36.7 Å². The highest BCUT2D eigenvalue weighted by Gasteiger charge is 2.37. The number of benzene rings is 1. The van der Waals surface area contributed by atoms with Gasteiger partial charge in [0.05, 0.1) is 12.1 Å². The first-order valence-electron chi connectivity index (χ1n) is 8.23. The van der Waals surface area contributed by atoms with Gasteiger partial charge in [-0.2, -0.15) is 0 Å². The zero-order valence-electron chi connectivity index (χ0n) is 13.4. The number of aromatic nitrogens is 2. The van der Waals surface area contributed by atoms with Gasteiger partial charge < -0.3 is 10.0 Å². The number of aliphatic hydroxyl groups excluding tert-OH is 1. The minimum atomic E-state index is -0.356. The Labute approximate surface area is 136 Å². The Morgan fingerprint density at radius 2 is 1.83 bits per heavy atom. The fourth-order valence-electron chi connectivity index (χ4n) is 3.64. The molecule has 0 saturated carbocycles. The van der Waals surface area contributed by atoms with Crippen molar-refractivity contribution < 1.29 is 5.11 Å². The lowest BCUT2D eigenvalue weighted by Gasteiger charge is -2.34.